The van der Waals surface area contributed by atoms with Gasteiger partial charge in [-0.25, -0.2) is 8.78 Å². The highest BCUT2D eigenvalue weighted by molar-refractivity contribution is 5.79. The standard InChI is InChI=1S/C13H21F2NO2/c1-9-4-7-16(8-11(9)17)12(18)10-2-5-13(14,15)6-3-10/h9-11,17H,2-8H2,1H3. The second-order valence-electron chi connectivity index (χ2n) is 5.75. The molecule has 0 bridgehead atoms. The van der Waals surface area contributed by atoms with Gasteiger partial charge in [0.15, 0.2) is 0 Å². The number of alkyl halides is 2. The predicted octanol–water partition coefficient (Wildman–Crippen LogP) is 2.04. The van der Waals surface area contributed by atoms with Crippen molar-refractivity contribution in [3.05, 3.63) is 0 Å². The lowest BCUT2D eigenvalue weighted by atomic mass is 9.85. The smallest absolute Gasteiger partial charge is 0.248 e. The van der Waals surface area contributed by atoms with E-state index < -0.39 is 12.0 Å². The Bertz CT molecular complexity index is 312. The molecule has 1 saturated carbocycles. The summed E-state index contributed by atoms with van der Waals surface area (Å²) in [6.45, 7) is 2.96. The van der Waals surface area contributed by atoms with Gasteiger partial charge in [-0.15, -0.1) is 0 Å². The zero-order chi connectivity index (χ0) is 13.3. The second kappa shape index (κ2) is 5.11. The Labute approximate surface area is 106 Å². The molecular formula is C13H21F2NO2. The molecule has 5 heteroatoms. The van der Waals surface area contributed by atoms with Gasteiger partial charge in [0.25, 0.3) is 0 Å². The minimum atomic E-state index is -2.59. The van der Waals surface area contributed by atoms with Crippen LogP contribution in [0.3, 0.4) is 0 Å². The molecule has 1 heterocycles. The number of rotatable bonds is 1. The highest BCUT2D eigenvalue weighted by atomic mass is 19.3. The van der Waals surface area contributed by atoms with E-state index in [-0.39, 0.29) is 43.4 Å². The molecule has 104 valence electrons. The van der Waals surface area contributed by atoms with E-state index in [0.717, 1.165) is 6.42 Å². The number of carbonyl (C=O) groups excluding carboxylic acids is 1. The SMILES string of the molecule is CC1CCN(C(=O)C2CCC(F)(F)CC2)CC1O. The Morgan fingerprint density at radius 2 is 1.89 bits per heavy atom. The van der Waals surface area contributed by atoms with E-state index in [9.17, 15) is 18.7 Å². The van der Waals surface area contributed by atoms with E-state index in [1.165, 1.54) is 0 Å². The van der Waals surface area contributed by atoms with Crippen molar-refractivity contribution in [2.45, 2.75) is 51.1 Å². The van der Waals surface area contributed by atoms with Gasteiger partial charge < -0.3 is 10.0 Å². The third kappa shape index (κ3) is 2.99. The van der Waals surface area contributed by atoms with Crippen LogP contribution in [0.25, 0.3) is 0 Å². The van der Waals surface area contributed by atoms with Crippen LogP contribution in [0.1, 0.15) is 39.0 Å². The van der Waals surface area contributed by atoms with Crippen LogP contribution in [-0.4, -0.2) is 41.0 Å². The van der Waals surface area contributed by atoms with Crippen molar-refractivity contribution >= 4 is 5.91 Å². The van der Waals surface area contributed by atoms with Crippen molar-refractivity contribution in [3.8, 4) is 0 Å². The van der Waals surface area contributed by atoms with Crippen molar-refractivity contribution in [3.63, 3.8) is 0 Å². The Morgan fingerprint density at radius 3 is 2.44 bits per heavy atom. The lowest BCUT2D eigenvalue weighted by Gasteiger charge is -2.37. The molecule has 1 amide bonds. The van der Waals surface area contributed by atoms with Crippen LogP contribution in [0, 0.1) is 11.8 Å². The minimum absolute atomic E-state index is 0.0450. The summed E-state index contributed by atoms with van der Waals surface area (Å²) in [5.41, 5.74) is 0. The predicted molar refractivity (Wildman–Crippen MR) is 63.3 cm³/mol. The van der Waals surface area contributed by atoms with Gasteiger partial charge in [-0.05, 0) is 25.2 Å². The van der Waals surface area contributed by atoms with Crippen molar-refractivity contribution in [2.75, 3.05) is 13.1 Å². The molecular weight excluding hydrogens is 240 g/mol. The monoisotopic (exact) mass is 261 g/mol. The number of carbonyl (C=O) groups is 1. The summed E-state index contributed by atoms with van der Waals surface area (Å²) >= 11 is 0. The van der Waals surface area contributed by atoms with Crippen molar-refractivity contribution in [1.29, 1.82) is 0 Å². The van der Waals surface area contributed by atoms with Gasteiger partial charge in [0.2, 0.25) is 11.8 Å². The fourth-order valence-corrected chi connectivity index (χ4v) is 2.79. The van der Waals surface area contributed by atoms with Gasteiger partial charge in [0, 0.05) is 31.8 Å². The highest BCUT2D eigenvalue weighted by Crippen LogP contribution is 2.37. The summed E-state index contributed by atoms with van der Waals surface area (Å²) in [6, 6.07) is 0. The lowest BCUT2D eigenvalue weighted by Crippen LogP contribution is -2.48. The van der Waals surface area contributed by atoms with Gasteiger partial charge in [-0.2, -0.15) is 0 Å². The third-order valence-electron chi connectivity index (χ3n) is 4.30. The molecule has 2 aliphatic rings. The number of aliphatic hydroxyl groups is 1. The quantitative estimate of drug-likeness (QED) is 0.784. The molecule has 18 heavy (non-hydrogen) atoms. The number of halogens is 2. The lowest BCUT2D eigenvalue weighted by molar-refractivity contribution is -0.143. The number of piperidine rings is 1. The molecule has 0 aromatic rings. The topological polar surface area (TPSA) is 40.5 Å². The average molecular weight is 261 g/mol. The van der Waals surface area contributed by atoms with Crippen LogP contribution in [0.5, 0.6) is 0 Å². The van der Waals surface area contributed by atoms with Crippen LogP contribution in [0.2, 0.25) is 0 Å². The van der Waals surface area contributed by atoms with Gasteiger partial charge in [-0.3, -0.25) is 4.79 Å². The third-order valence-corrected chi connectivity index (χ3v) is 4.30. The number of hydrogen-bond acceptors (Lipinski definition) is 2. The molecule has 1 aliphatic carbocycles. The van der Waals surface area contributed by atoms with Crippen molar-refractivity contribution in [2.24, 2.45) is 11.8 Å². The number of hydrogen-bond donors (Lipinski definition) is 1. The molecule has 0 radical (unpaired) electrons. The molecule has 1 N–H and O–H groups in total. The first-order valence-corrected chi connectivity index (χ1v) is 6.74. The number of aliphatic hydroxyl groups excluding tert-OH is 1. The summed E-state index contributed by atoms with van der Waals surface area (Å²) in [6.07, 6.45) is 0.484. The molecule has 2 rings (SSSR count). The van der Waals surface area contributed by atoms with Crippen LogP contribution in [-0.2, 0) is 4.79 Å². The van der Waals surface area contributed by atoms with Gasteiger partial charge in [0.05, 0.1) is 6.10 Å². The maximum Gasteiger partial charge on any atom is 0.248 e. The minimum Gasteiger partial charge on any atom is -0.391 e. The zero-order valence-electron chi connectivity index (χ0n) is 10.7. The molecule has 0 aromatic carbocycles. The first-order valence-electron chi connectivity index (χ1n) is 6.74. The fraction of sp³-hybridized carbons (Fsp3) is 0.923. The average Bonchev–Trinajstić information content (AvgIpc) is 2.32. The molecule has 0 aromatic heterocycles. The largest absolute Gasteiger partial charge is 0.391 e. The molecule has 2 unspecified atom stereocenters. The fourth-order valence-electron chi connectivity index (χ4n) is 2.79. The van der Waals surface area contributed by atoms with Gasteiger partial charge in [-0.1, -0.05) is 6.92 Å². The Kier molecular flexibility index (Phi) is 3.90. The van der Waals surface area contributed by atoms with Gasteiger partial charge in [0.1, 0.15) is 0 Å². The highest BCUT2D eigenvalue weighted by Gasteiger charge is 2.39. The van der Waals surface area contributed by atoms with Gasteiger partial charge >= 0.3 is 0 Å². The van der Waals surface area contributed by atoms with Crippen LogP contribution >= 0.6 is 0 Å². The first kappa shape index (κ1) is 13.7. The Hall–Kier alpha value is -0.710. The summed E-state index contributed by atoms with van der Waals surface area (Å²) in [5.74, 6) is -2.70. The zero-order valence-corrected chi connectivity index (χ0v) is 10.7. The maximum atomic E-state index is 13.0. The van der Waals surface area contributed by atoms with Crippen LogP contribution in [0.15, 0.2) is 0 Å². The molecule has 2 fully saturated rings. The second-order valence-corrected chi connectivity index (χ2v) is 5.75. The Morgan fingerprint density at radius 1 is 1.28 bits per heavy atom. The number of amides is 1. The summed E-state index contributed by atoms with van der Waals surface area (Å²) < 4.78 is 26.1. The van der Waals surface area contributed by atoms with E-state index in [1.54, 1.807) is 4.90 Å². The maximum absolute atomic E-state index is 13.0. The number of nitrogens with zero attached hydrogens (tertiary/aromatic N) is 1. The molecule has 1 saturated heterocycles. The first-order chi connectivity index (χ1) is 8.39. The summed E-state index contributed by atoms with van der Waals surface area (Å²) in [7, 11) is 0. The van der Waals surface area contributed by atoms with Crippen LogP contribution in [0.4, 0.5) is 8.78 Å². The van der Waals surface area contributed by atoms with Crippen LogP contribution < -0.4 is 0 Å². The van der Waals surface area contributed by atoms with E-state index in [4.69, 9.17) is 0 Å². The van der Waals surface area contributed by atoms with Crippen molar-refractivity contribution < 1.29 is 18.7 Å². The molecule has 2 atom stereocenters. The van der Waals surface area contributed by atoms with E-state index in [1.807, 2.05) is 6.92 Å². The molecule has 0 spiro atoms. The molecule has 1 aliphatic heterocycles. The number of likely N-dealkylation sites (tertiary alicyclic amines) is 1. The van der Waals surface area contributed by atoms with E-state index in [2.05, 4.69) is 0 Å². The van der Waals surface area contributed by atoms with E-state index >= 15 is 0 Å². The summed E-state index contributed by atoms with van der Waals surface area (Å²) in [4.78, 5) is 13.8. The Balaban J connectivity index is 1.88. The normalized spacial score (nSPS) is 33.4. The van der Waals surface area contributed by atoms with E-state index in [0.29, 0.717) is 13.1 Å². The van der Waals surface area contributed by atoms with Crippen molar-refractivity contribution in [1.82, 2.24) is 4.90 Å². The molecule has 3 nitrogen and oxygen atoms in total. The summed E-state index contributed by atoms with van der Waals surface area (Å²) in [5, 5.41) is 9.76. The number of β-amino-alcohol motifs (C(OH)–C–C–N with tert-alkyl or cyclic N) is 1.